The van der Waals surface area contributed by atoms with E-state index in [1.165, 1.54) is 51.4 Å². The summed E-state index contributed by atoms with van der Waals surface area (Å²) in [6.07, 6.45) is 18.2. The zero-order valence-electron chi connectivity index (χ0n) is 28.2. The molecule has 1 amide bonds. The molecule has 0 atom stereocenters. The topological polar surface area (TPSA) is 134 Å². The number of amides is 1. The summed E-state index contributed by atoms with van der Waals surface area (Å²) in [4.78, 5) is 47.9. The number of carbonyl (C=O) groups excluding carboxylic acids is 4. The minimum Gasteiger partial charge on any atom is -0.466 e. The third-order valence-corrected chi connectivity index (χ3v) is 7.84. The molecule has 9 heteroatoms. The Bertz CT molecular complexity index is 768. The summed E-state index contributed by atoms with van der Waals surface area (Å²) in [6, 6.07) is 0. The number of Topliss-reactive ketones (excluding diaryl/α,β-unsaturated/α-hetero) is 2. The fraction of sp³-hybridized carbons (Fsp3) is 0.882. The fourth-order valence-electron chi connectivity index (χ4n) is 4.68. The molecule has 0 spiro atoms. The summed E-state index contributed by atoms with van der Waals surface area (Å²) in [6.45, 7) is 11.0. The Balaban J connectivity index is 3.84. The van der Waals surface area contributed by atoms with Crippen LogP contribution in [0, 0.1) is 0 Å². The number of esters is 1. The smallest absolute Gasteiger partial charge is 0.306 e. The molecule has 0 aliphatic heterocycles. The van der Waals surface area contributed by atoms with Gasteiger partial charge in [0.25, 0.3) is 0 Å². The van der Waals surface area contributed by atoms with Crippen LogP contribution >= 0.6 is 0 Å². The van der Waals surface area contributed by atoms with E-state index in [1.54, 1.807) is 13.8 Å². The molecular formula is C34H64N2O7. The Hall–Kier alpha value is -1.84. The van der Waals surface area contributed by atoms with Gasteiger partial charge < -0.3 is 14.2 Å². The van der Waals surface area contributed by atoms with Gasteiger partial charge in [-0.25, -0.2) is 5.84 Å². The highest BCUT2D eigenvalue weighted by Gasteiger charge is 2.28. The van der Waals surface area contributed by atoms with E-state index in [0.29, 0.717) is 38.9 Å². The van der Waals surface area contributed by atoms with E-state index in [-0.39, 0.29) is 31.0 Å². The van der Waals surface area contributed by atoms with E-state index in [9.17, 15) is 19.2 Å². The minimum absolute atomic E-state index is 0.00366. The van der Waals surface area contributed by atoms with Gasteiger partial charge in [-0.05, 0) is 66.2 Å². The van der Waals surface area contributed by atoms with E-state index in [0.717, 1.165) is 38.5 Å². The highest BCUT2D eigenvalue weighted by molar-refractivity contribution is 5.86. The fourth-order valence-corrected chi connectivity index (χ4v) is 4.68. The van der Waals surface area contributed by atoms with Crippen LogP contribution in [-0.4, -0.2) is 54.5 Å². The molecule has 0 saturated heterocycles. The van der Waals surface area contributed by atoms with Crippen molar-refractivity contribution in [1.29, 1.82) is 0 Å². The van der Waals surface area contributed by atoms with Gasteiger partial charge in [-0.1, -0.05) is 71.1 Å². The molecule has 9 nitrogen and oxygen atoms in total. The van der Waals surface area contributed by atoms with E-state index < -0.39 is 23.1 Å². The van der Waals surface area contributed by atoms with E-state index in [4.69, 9.17) is 20.1 Å². The van der Waals surface area contributed by atoms with Crippen molar-refractivity contribution in [2.24, 2.45) is 5.84 Å². The standard InChI is InChI=1S/C34H64N2O7/c1-6-7-8-9-10-11-12-13-14-20-27-42-33(2,3)30(38)23-18-16-21-28-43-34(4,5)29(37)22-17-15-19-26-41-32(40)25-24-31(39)36-35/h6-28,35H2,1-5H3,(H,36,39). The number of nitrogens with one attached hydrogen (secondary N) is 1. The average Bonchev–Trinajstić information content (AvgIpc) is 2.97. The number of unbranched alkanes of at least 4 members (excludes halogenated alkanes) is 13. The summed E-state index contributed by atoms with van der Waals surface area (Å²) in [5.74, 6) is 4.32. The van der Waals surface area contributed by atoms with E-state index >= 15 is 0 Å². The van der Waals surface area contributed by atoms with Crippen molar-refractivity contribution in [3.8, 4) is 0 Å². The van der Waals surface area contributed by atoms with Gasteiger partial charge in [-0.15, -0.1) is 0 Å². The van der Waals surface area contributed by atoms with Crippen LogP contribution in [0.4, 0.5) is 0 Å². The molecule has 0 saturated carbocycles. The molecule has 0 bridgehead atoms. The van der Waals surface area contributed by atoms with Crippen LogP contribution in [0.2, 0.25) is 0 Å². The normalized spacial score (nSPS) is 11.9. The Morgan fingerprint density at radius 3 is 1.37 bits per heavy atom. The third-order valence-electron chi connectivity index (χ3n) is 7.84. The van der Waals surface area contributed by atoms with Gasteiger partial charge >= 0.3 is 5.97 Å². The zero-order valence-corrected chi connectivity index (χ0v) is 28.2. The van der Waals surface area contributed by atoms with Crippen LogP contribution in [0.1, 0.15) is 163 Å². The Kier molecular flexibility index (Phi) is 24.4. The molecule has 0 aromatic carbocycles. The zero-order chi connectivity index (χ0) is 32.4. The molecule has 0 unspecified atom stereocenters. The lowest BCUT2D eigenvalue weighted by Crippen LogP contribution is -2.35. The number of hydrazine groups is 1. The molecule has 0 aliphatic carbocycles. The highest BCUT2D eigenvalue weighted by Crippen LogP contribution is 2.19. The number of hydrogen-bond donors (Lipinski definition) is 2. The summed E-state index contributed by atoms with van der Waals surface area (Å²) >= 11 is 0. The summed E-state index contributed by atoms with van der Waals surface area (Å²) < 4.78 is 16.9. The minimum atomic E-state index is -0.851. The first-order valence-electron chi connectivity index (χ1n) is 17.0. The number of hydrogen-bond acceptors (Lipinski definition) is 8. The summed E-state index contributed by atoms with van der Waals surface area (Å²) in [7, 11) is 0. The maximum atomic E-state index is 12.7. The van der Waals surface area contributed by atoms with Crippen molar-refractivity contribution in [1.82, 2.24) is 5.43 Å². The Morgan fingerprint density at radius 1 is 0.535 bits per heavy atom. The molecule has 0 aromatic heterocycles. The van der Waals surface area contributed by atoms with Gasteiger partial charge in [0, 0.05) is 32.5 Å². The van der Waals surface area contributed by atoms with Gasteiger partial charge in [-0.3, -0.25) is 24.6 Å². The molecule has 3 N–H and O–H groups in total. The second-order valence-corrected chi connectivity index (χ2v) is 12.7. The van der Waals surface area contributed by atoms with Crippen LogP contribution in [0.25, 0.3) is 0 Å². The van der Waals surface area contributed by atoms with Crippen molar-refractivity contribution in [2.45, 2.75) is 174 Å². The van der Waals surface area contributed by atoms with Crippen LogP contribution < -0.4 is 11.3 Å². The summed E-state index contributed by atoms with van der Waals surface area (Å²) in [5.41, 5.74) is 0.376. The quantitative estimate of drug-likeness (QED) is 0.0289. The predicted octanol–water partition coefficient (Wildman–Crippen LogP) is 7.07. The lowest BCUT2D eigenvalue weighted by atomic mass is 9.97. The monoisotopic (exact) mass is 612 g/mol. The lowest BCUT2D eigenvalue weighted by molar-refractivity contribution is -0.145. The van der Waals surface area contributed by atoms with Gasteiger partial charge in [-0.2, -0.15) is 0 Å². The van der Waals surface area contributed by atoms with Gasteiger partial charge in [0.05, 0.1) is 13.0 Å². The SMILES string of the molecule is CCCCCCCCCCCCOC(C)(C)C(=O)CCCCCOC(C)(C)C(=O)CCCCCOC(=O)CCC(=O)NN. The number of carbonyl (C=O) groups is 4. The predicted molar refractivity (Wildman–Crippen MR) is 171 cm³/mol. The third kappa shape index (κ3) is 23.2. The number of ketones is 2. The van der Waals surface area contributed by atoms with Crippen LogP contribution in [0.5, 0.6) is 0 Å². The molecule has 0 radical (unpaired) electrons. The average molecular weight is 613 g/mol. The summed E-state index contributed by atoms with van der Waals surface area (Å²) in [5, 5.41) is 0. The second-order valence-electron chi connectivity index (χ2n) is 12.7. The molecular weight excluding hydrogens is 548 g/mol. The molecule has 0 heterocycles. The van der Waals surface area contributed by atoms with Crippen molar-refractivity contribution in [3.63, 3.8) is 0 Å². The van der Waals surface area contributed by atoms with Gasteiger partial charge in [0.1, 0.15) is 11.2 Å². The molecule has 43 heavy (non-hydrogen) atoms. The van der Waals surface area contributed by atoms with Crippen LogP contribution in [0.3, 0.4) is 0 Å². The number of rotatable bonds is 30. The highest BCUT2D eigenvalue weighted by atomic mass is 16.5. The molecule has 0 rings (SSSR count). The van der Waals surface area contributed by atoms with E-state index in [2.05, 4.69) is 6.92 Å². The van der Waals surface area contributed by atoms with Gasteiger partial charge in [0.2, 0.25) is 5.91 Å². The van der Waals surface area contributed by atoms with Crippen molar-refractivity contribution >= 4 is 23.4 Å². The first-order valence-corrected chi connectivity index (χ1v) is 17.0. The lowest BCUT2D eigenvalue weighted by Gasteiger charge is -2.24. The maximum absolute atomic E-state index is 12.7. The van der Waals surface area contributed by atoms with Crippen LogP contribution in [-0.2, 0) is 33.4 Å². The molecule has 0 aliphatic rings. The Labute approximate surface area is 262 Å². The maximum Gasteiger partial charge on any atom is 0.306 e. The molecule has 0 aromatic rings. The van der Waals surface area contributed by atoms with Crippen LogP contribution in [0.15, 0.2) is 0 Å². The molecule has 0 fully saturated rings. The van der Waals surface area contributed by atoms with Crippen molar-refractivity contribution < 1.29 is 33.4 Å². The second kappa shape index (κ2) is 25.5. The Morgan fingerprint density at radius 2 is 0.930 bits per heavy atom. The van der Waals surface area contributed by atoms with E-state index in [1.807, 2.05) is 19.3 Å². The first-order chi connectivity index (χ1) is 20.5. The number of ether oxygens (including phenoxy) is 3. The number of nitrogens with two attached hydrogens (primary N) is 1. The molecule has 252 valence electrons. The van der Waals surface area contributed by atoms with Crippen molar-refractivity contribution in [3.05, 3.63) is 0 Å². The largest absolute Gasteiger partial charge is 0.466 e. The van der Waals surface area contributed by atoms with Crippen molar-refractivity contribution in [2.75, 3.05) is 19.8 Å². The van der Waals surface area contributed by atoms with Gasteiger partial charge in [0.15, 0.2) is 11.6 Å². The first kappa shape index (κ1) is 41.2.